The van der Waals surface area contributed by atoms with Crippen molar-refractivity contribution in [2.24, 2.45) is 0 Å². The van der Waals surface area contributed by atoms with E-state index in [4.69, 9.17) is 4.74 Å². The van der Waals surface area contributed by atoms with Gasteiger partial charge < -0.3 is 4.74 Å². The van der Waals surface area contributed by atoms with Gasteiger partial charge in [-0.1, -0.05) is 50.5 Å². The van der Waals surface area contributed by atoms with E-state index in [0.29, 0.717) is 6.61 Å². The van der Waals surface area contributed by atoms with E-state index in [9.17, 15) is 4.79 Å². The lowest BCUT2D eigenvalue weighted by Crippen LogP contribution is -1.98. The van der Waals surface area contributed by atoms with Crippen molar-refractivity contribution in [2.45, 2.75) is 46.0 Å². The van der Waals surface area contributed by atoms with Crippen LogP contribution in [0.25, 0.3) is 6.08 Å². The quantitative estimate of drug-likeness (QED) is 0.394. The molecule has 0 fully saturated rings. The maximum atomic E-state index is 11.2. The van der Waals surface area contributed by atoms with Crippen molar-refractivity contribution in [1.82, 2.24) is 0 Å². The van der Waals surface area contributed by atoms with E-state index in [1.165, 1.54) is 37.3 Å². The van der Waals surface area contributed by atoms with Crippen molar-refractivity contribution in [3.63, 3.8) is 0 Å². The zero-order valence-electron chi connectivity index (χ0n) is 12.0. The molecular weight excluding hydrogens is 236 g/mol. The van der Waals surface area contributed by atoms with Crippen molar-refractivity contribution < 1.29 is 9.53 Å². The van der Waals surface area contributed by atoms with Crippen molar-refractivity contribution in [1.29, 1.82) is 0 Å². The van der Waals surface area contributed by atoms with Gasteiger partial charge in [0.25, 0.3) is 0 Å². The summed E-state index contributed by atoms with van der Waals surface area (Å²) in [5.74, 6) is -0.286. The second-order valence-electron chi connectivity index (χ2n) is 4.64. The number of rotatable bonds is 8. The van der Waals surface area contributed by atoms with Crippen LogP contribution in [0.4, 0.5) is 0 Å². The summed E-state index contributed by atoms with van der Waals surface area (Å²) in [6, 6.07) is 8.36. The smallest absolute Gasteiger partial charge is 0.330 e. The highest BCUT2D eigenvalue weighted by atomic mass is 16.5. The highest BCUT2D eigenvalue weighted by Gasteiger charge is 1.96. The van der Waals surface area contributed by atoms with E-state index in [1.54, 1.807) is 13.0 Å². The summed E-state index contributed by atoms with van der Waals surface area (Å²) < 4.78 is 4.84. The van der Waals surface area contributed by atoms with Gasteiger partial charge in [0, 0.05) is 6.08 Å². The number of hydrogen-bond acceptors (Lipinski definition) is 2. The Labute approximate surface area is 116 Å². The molecule has 1 aromatic rings. The Hall–Kier alpha value is -1.57. The first-order valence-electron chi connectivity index (χ1n) is 7.20. The Morgan fingerprint density at radius 2 is 1.84 bits per heavy atom. The molecule has 0 N–H and O–H groups in total. The standard InChI is InChI=1S/C17H24O2/c1-3-5-6-7-8-15-9-11-16(12-10-15)13-14-17(18)19-4-2/h9-14H,3-8H2,1-2H3/b14-13-. The first kappa shape index (κ1) is 15.5. The molecule has 1 aromatic carbocycles. The second-order valence-corrected chi connectivity index (χ2v) is 4.64. The number of unbranched alkanes of at least 4 members (excludes halogenated alkanes) is 3. The van der Waals surface area contributed by atoms with Crippen molar-refractivity contribution >= 4 is 12.0 Å². The molecule has 1 rings (SSSR count). The average molecular weight is 260 g/mol. The van der Waals surface area contributed by atoms with Gasteiger partial charge in [0.1, 0.15) is 0 Å². The maximum absolute atomic E-state index is 11.2. The summed E-state index contributed by atoms with van der Waals surface area (Å²) in [5.41, 5.74) is 2.40. The third-order valence-electron chi connectivity index (χ3n) is 3.00. The van der Waals surface area contributed by atoms with Gasteiger partial charge in [-0.15, -0.1) is 0 Å². The molecule has 0 atom stereocenters. The average Bonchev–Trinajstić information content (AvgIpc) is 2.43. The van der Waals surface area contributed by atoms with E-state index in [-0.39, 0.29) is 5.97 Å². The van der Waals surface area contributed by atoms with Gasteiger partial charge >= 0.3 is 5.97 Å². The largest absolute Gasteiger partial charge is 0.463 e. The first-order chi connectivity index (χ1) is 9.26. The second kappa shape index (κ2) is 9.37. The van der Waals surface area contributed by atoms with Crippen LogP contribution in [0.5, 0.6) is 0 Å². The lowest BCUT2D eigenvalue weighted by molar-refractivity contribution is -0.137. The molecule has 0 saturated heterocycles. The van der Waals surface area contributed by atoms with Crippen molar-refractivity contribution in [2.75, 3.05) is 6.61 Å². The Morgan fingerprint density at radius 3 is 2.47 bits per heavy atom. The van der Waals surface area contributed by atoms with Crippen molar-refractivity contribution in [3.05, 3.63) is 41.5 Å². The van der Waals surface area contributed by atoms with Gasteiger partial charge in [-0.25, -0.2) is 4.79 Å². The van der Waals surface area contributed by atoms with Crippen LogP contribution >= 0.6 is 0 Å². The number of esters is 1. The molecule has 0 amide bonds. The van der Waals surface area contributed by atoms with Crippen LogP contribution in [-0.4, -0.2) is 12.6 Å². The molecular formula is C17H24O2. The molecule has 0 aliphatic heterocycles. The number of hydrogen-bond donors (Lipinski definition) is 0. The zero-order chi connectivity index (χ0) is 13.9. The minimum absolute atomic E-state index is 0.286. The van der Waals surface area contributed by atoms with Crippen LogP contribution in [0.3, 0.4) is 0 Å². The number of carbonyl (C=O) groups is 1. The third kappa shape index (κ3) is 6.80. The van der Waals surface area contributed by atoms with Gasteiger partial charge in [-0.2, -0.15) is 0 Å². The van der Waals surface area contributed by atoms with Crippen LogP contribution in [0, 0.1) is 0 Å². The fraction of sp³-hybridized carbons (Fsp3) is 0.471. The minimum atomic E-state index is -0.286. The van der Waals surface area contributed by atoms with Crippen LogP contribution in [0.1, 0.15) is 50.7 Å². The van der Waals surface area contributed by atoms with Crippen LogP contribution < -0.4 is 0 Å². The number of benzene rings is 1. The van der Waals surface area contributed by atoms with Crippen molar-refractivity contribution in [3.8, 4) is 0 Å². The molecule has 19 heavy (non-hydrogen) atoms. The Balaban J connectivity index is 2.40. The van der Waals surface area contributed by atoms with Gasteiger partial charge in [-0.3, -0.25) is 0 Å². The predicted octanol–water partition coefficient (Wildman–Crippen LogP) is 4.39. The highest BCUT2D eigenvalue weighted by molar-refractivity contribution is 5.86. The minimum Gasteiger partial charge on any atom is -0.463 e. The van der Waals surface area contributed by atoms with Gasteiger partial charge in [0.05, 0.1) is 6.61 Å². The number of ether oxygens (including phenoxy) is 1. The summed E-state index contributed by atoms with van der Waals surface area (Å²) in [4.78, 5) is 11.2. The molecule has 0 unspecified atom stereocenters. The summed E-state index contributed by atoms with van der Waals surface area (Å²) >= 11 is 0. The summed E-state index contributed by atoms with van der Waals surface area (Å²) in [7, 11) is 0. The van der Waals surface area contributed by atoms with E-state index in [1.807, 2.05) is 12.1 Å². The normalized spacial score (nSPS) is 10.8. The monoisotopic (exact) mass is 260 g/mol. The highest BCUT2D eigenvalue weighted by Crippen LogP contribution is 2.10. The molecule has 0 spiro atoms. The van der Waals surface area contributed by atoms with Crippen LogP contribution in [0.15, 0.2) is 30.3 Å². The predicted molar refractivity (Wildman–Crippen MR) is 80.0 cm³/mol. The van der Waals surface area contributed by atoms with E-state index in [2.05, 4.69) is 19.1 Å². The topological polar surface area (TPSA) is 26.3 Å². The van der Waals surface area contributed by atoms with Gasteiger partial charge in [-0.05, 0) is 37.0 Å². The molecule has 2 nitrogen and oxygen atoms in total. The Morgan fingerprint density at radius 1 is 1.11 bits per heavy atom. The number of aryl methyl sites for hydroxylation is 1. The number of carbonyl (C=O) groups excluding carboxylic acids is 1. The molecule has 0 heterocycles. The fourth-order valence-corrected chi connectivity index (χ4v) is 1.91. The lowest BCUT2D eigenvalue weighted by atomic mass is 10.0. The van der Waals surface area contributed by atoms with Gasteiger partial charge in [0.15, 0.2) is 0 Å². The van der Waals surface area contributed by atoms with E-state index < -0.39 is 0 Å². The fourth-order valence-electron chi connectivity index (χ4n) is 1.91. The van der Waals surface area contributed by atoms with Crippen LogP contribution in [-0.2, 0) is 16.0 Å². The molecule has 0 bridgehead atoms. The van der Waals surface area contributed by atoms with Gasteiger partial charge in [0.2, 0.25) is 0 Å². The molecule has 2 heteroatoms. The van der Waals surface area contributed by atoms with Crippen LogP contribution in [0.2, 0.25) is 0 Å². The molecule has 0 saturated carbocycles. The first-order valence-corrected chi connectivity index (χ1v) is 7.20. The summed E-state index contributed by atoms with van der Waals surface area (Å²) in [6.45, 7) is 4.45. The maximum Gasteiger partial charge on any atom is 0.330 e. The zero-order valence-corrected chi connectivity index (χ0v) is 12.0. The molecule has 104 valence electrons. The summed E-state index contributed by atoms with van der Waals surface area (Å²) in [5, 5.41) is 0. The van der Waals surface area contributed by atoms with E-state index in [0.717, 1.165) is 12.0 Å². The summed E-state index contributed by atoms with van der Waals surface area (Å²) in [6.07, 6.45) is 9.56. The lowest BCUT2D eigenvalue weighted by Gasteiger charge is -2.02. The molecule has 0 aliphatic carbocycles. The SMILES string of the molecule is CCCCCCc1ccc(/C=C\C(=O)OCC)cc1. The molecule has 0 radical (unpaired) electrons. The Bertz CT molecular complexity index is 390. The Kier molecular flexibility index (Phi) is 7.64. The molecule has 0 aliphatic rings. The van der Waals surface area contributed by atoms with E-state index >= 15 is 0 Å². The third-order valence-corrected chi connectivity index (χ3v) is 3.00. The molecule has 0 aromatic heterocycles.